The highest BCUT2D eigenvalue weighted by Gasteiger charge is 2.33. The van der Waals surface area contributed by atoms with Crippen LogP contribution < -0.4 is 14.4 Å². The van der Waals surface area contributed by atoms with Crippen LogP contribution in [0.1, 0.15) is 26.3 Å². The number of nitrogens with zero attached hydrogens (tertiary/aromatic N) is 2. The summed E-state index contributed by atoms with van der Waals surface area (Å²) in [5, 5.41) is 3.26. The Morgan fingerprint density at radius 1 is 0.791 bits per heavy atom. The molecule has 8 nitrogen and oxygen atoms in total. The van der Waals surface area contributed by atoms with Crippen molar-refractivity contribution >= 4 is 39.1 Å². The minimum Gasteiger partial charge on any atom is -0.457 e. The van der Waals surface area contributed by atoms with Crippen LogP contribution in [-0.4, -0.2) is 43.8 Å². The second-order valence-electron chi connectivity index (χ2n) is 10.2. The first-order chi connectivity index (χ1) is 20.6. The SMILES string of the molecule is CC(C)NC(=O)C(C)N(Cc1ccccc1Cl)C(=O)CN(c1ccc(Oc2ccccc2)cc1)S(=O)(=O)c1ccccc1. The van der Waals surface area contributed by atoms with Gasteiger partial charge in [-0.1, -0.05) is 66.2 Å². The predicted molar refractivity (Wildman–Crippen MR) is 169 cm³/mol. The van der Waals surface area contributed by atoms with Crippen molar-refractivity contribution in [2.45, 2.75) is 44.3 Å². The summed E-state index contributed by atoms with van der Waals surface area (Å²) in [4.78, 5) is 28.5. The normalized spacial score (nSPS) is 11.9. The van der Waals surface area contributed by atoms with Crippen LogP contribution in [0.15, 0.2) is 114 Å². The molecule has 0 saturated carbocycles. The van der Waals surface area contributed by atoms with Crippen LogP contribution in [0.25, 0.3) is 0 Å². The number of hydrogen-bond donors (Lipinski definition) is 1. The summed E-state index contributed by atoms with van der Waals surface area (Å²) >= 11 is 6.41. The molecule has 0 aromatic heterocycles. The van der Waals surface area contributed by atoms with Crippen molar-refractivity contribution in [1.29, 1.82) is 0 Å². The van der Waals surface area contributed by atoms with E-state index in [9.17, 15) is 18.0 Å². The molecule has 1 N–H and O–H groups in total. The third-order valence-corrected chi connectivity index (χ3v) is 8.77. The highest BCUT2D eigenvalue weighted by Crippen LogP contribution is 2.29. The van der Waals surface area contributed by atoms with Gasteiger partial charge in [-0.15, -0.1) is 0 Å². The molecule has 4 aromatic carbocycles. The summed E-state index contributed by atoms with van der Waals surface area (Å²) in [7, 11) is -4.18. The Balaban J connectivity index is 1.70. The number of nitrogens with one attached hydrogen (secondary N) is 1. The van der Waals surface area contributed by atoms with Gasteiger partial charge in [0, 0.05) is 17.6 Å². The van der Waals surface area contributed by atoms with Gasteiger partial charge in [0.2, 0.25) is 11.8 Å². The molecule has 0 aliphatic rings. The maximum absolute atomic E-state index is 14.0. The lowest BCUT2D eigenvalue weighted by Crippen LogP contribution is -2.52. The van der Waals surface area contributed by atoms with E-state index in [1.165, 1.54) is 17.0 Å². The highest BCUT2D eigenvalue weighted by molar-refractivity contribution is 7.92. The van der Waals surface area contributed by atoms with Gasteiger partial charge in [0.15, 0.2) is 0 Å². The average Bonchev–Trinajstić information content (AvgIpc) is 3.00. The number of rotatable bonds is 12. The Bertz CT molecular complexity index is 1630. The molecule has 224 valence electrons. The molecule has 10 heteroatoms. The van der Waals surface area contributed by atoms with E-state index < -0.39 is 28.5 Å². The quantitative estimate of drug-likeness (QED) is 0.202. The van der Waals surface area contributed by atoms with Crippen molar-refractivity contribution in [1.82, 2.24) is 10.2 Å². The molecule has 0 spiro atoms. The number of para-hydroxylation sites is 1. The number of hydrogen-bond acceptors (Lipinski definition) is 5. The summed E-state index contributed by atoms with van der Waals surface area (Å²) in [6, 6.07) is 29.5. The van der Waals surface area contributed by atoms with Crippen LogP contribution in [0.5, 0.6) is 11.5 Å². The number of halogens is 1. The van der Waals surface area contributed by atoms with E-state index in [1.807, 2.05) is 44.2 Å². The molecule has 4 aromatic rings. The summed E-state index contributed by atoms with van der Waals surface area (Å²) in [5.74, 6) is 0.187. The number of benzene rings is 4. The Morgan fingerprint density at radius 3 is 1.95 bits per heavy atom. The van der Waals surface area contributed by atoms with Gasteiger partial charge in [-0.05, 0) is 80.9 Å². The largest absolute Gasteiger partial charge is 0.457 e. The fourth-order valence-electron chi connectivity index (χ4n) is 4.35. The second-order valence-corrected chi connectivity index (χ2v) is 12.5. The standard InChI is InChI=1S/C33H34ClN3O5S/c1-24(2)35-33(39)25(3)36(22-26-12-10-11-17-31(26)34)32(38)23-37(43(40,41)30-15-8-5-9-16-30)27-18-20-29(21-19-27)42-28-13-6-4-7-14-28/h4-21,24-25H,22-23H2,1-3H3,(H,35,39). The molecule has 4 rings (SSSR count). The highest BCUT2D eigenvalue weighted by atomic mass is 35.5. The Morgan fingerprint density at radius 2 is 1.35 bits per heavy atom. The Labute approximate surface area is 257 Å². The third-order valence-electron chi connectivity index (χ3n) is 6.61. The first-order valence-corrected chi connectivity index (χ1v) is 15.6. The van der Waals surface area contributed by atoms with E-state index in [1.54, 1.807) is 73.7 Å². The van der Waals surface area contributed by atoms with Gasteiger partial charge in [-0.2, -0.15) is 0 Å². The van der Waals surface area contributed by atoms with E-state index in [4.69, 9.17) is 16.3 Å². The molecule has 0 aliphatic heterocycles. The molecule has 0 heterocycles. The van der Waals surface area contributed by atoms with Crippen molar-refractivity contribution in [3.63, 3.8) is 0 Å². The third kappa shape index (κ3) is 8.15. The zero-order chi connectivity index (χ0) is 31.0. The number of carbonyl (C=O) groups excluding carboxylic acids is 2. The average molecular weight is 620 g/mol. The molecule has 0 fully saturated rings. The molecule has 0 aliphatic carbocycles. The lowest BCUT2D eigenvalue weighted by atomic mass is 10.1. The monoisotopic (exact) mass is 619 g/mol. The molecular formula is C33H34ClN3O5S. The molecular weight excluding hydrogens is 586 g/mol. The smallest absolute Gasteiger partial charge is 0.264 e. The first-order valence-electron chi connectivity index (χ1n) is 13.8. The molecule has 43 heavy (non-hydrogen) atoms. The van der Waals surface area contributed by atoms with Gasteiger partial charge in [0.05, 0.1) is 10.6 Å². The maximum atomic E-state index is 14.0. The van der Waals surface area contributed by atoms with Crippen molar-refractivity contribution < 1.29 is 22.7 Å². The van der Waals surface area contributed by atoms with Crippen molar-refractivity contribution in [2.24, 2.45) is 0 Å². The van der Waals surface area contributed by atoms with Crippen molar-refractivity contribution in [2.75, 3.05) is 10.8 Å². The fraction of sp³-hybridized carbons (Fsp3) is 0.212. The minimum atomic E-state index is -4.18. The number of carbonyl (C=O) groups is 2. The van der Waals surface area contributed by atoms with Gasteiger partial charge in [-0.25, -0.2) is 8.42 Å². The van der Waals surface area contributed by atoms with Crippen LogP contribution >= 0.6 is 11.6 Å². The summed E-state index contributed by atoms with van der Waals surface area (Å²) in [5.41, 5.74) is 0.885. The van der Waals surface area contributed by atoms with Gasteiger partial charge in [-0.3, -0.25) is 13.9 Å². The predicted octanol–water partition coefficient (Wildman–Crippen LogP) is 6.27. The van der Waals surface area contributed by atoms with E-state index in [2.05, 4.69) is 5.32 Å². The van der Waals surface area contributed by atoms with Gasteiger partial charge >= 0.3 is 0 Å². The van der Waals surface area contributed by atoms with E-state index in [-0.39, 0.29) is 29.1 Å². The number of amides is 2. The number of sulfonamides is 1. The van der Waals surface area contributed by atoms with Crippen LogP contribution in [-0.2, 0) is 26.2 Å². The molecule has 0 bridgehead atoms. The lowest BCUT2D eigenvalue weighted by Gasteiger charge is -2.32. The van der Waals surface area contributed by atoms with Gasteiger partial charge in [0.25, 0.3) is 10.0 Å². The lowest BCUT2D eigenvalue weighted by molar-refractivity contribution is -0.139. The van der Waals surface area contributed by atoms with Crippen LogP contribution in [0.4, 0.5) is 5.69 Å². The van der Waals surface area contributed by atoms with E-state index in [0.717, 1.165) is 4.31 Å². The van der Waals surface area contributed by atoms with E-state index in [0.29, 0.717) is 22.1 Å². The van der Waals surface area contributed by atoms with E-state index >= 15 is 0 Å². The topological polar surface area (TPSA) is 96.0 Å². The number of ether oxygens (including phenoxy) is 1. The minimum absolute atomic E-state index is 0.00820. The summed E-state index contributed by atoms with van der Waals surface area (Å²) in [6.45, 7) is 4.71. The zero-order valence-corrected chi connectivity index (χ0v) is 25.8. The second kappa shape index (κ2) is 14.2. The molecule has 1 unspecified atom stereocenters. The van der Waals surface area contributed by atoms with Crippen LogP contribution in [0.3, 0.4) is 0 Å². The maximum Gasteiger partial charge on any atom is 0.264 e. The summed E-state index contributed by atoms with van der Waals surface area (Å²) in [6.07, 6.45) is 0. The Kier molecular flexibility index (Phi) is 10.4. The Hall–Kier alpha value is -4.34. The van der Waals surface area contributed by atoms with Crippen molar-refractivity contribution in [3.8, 4) is 11.5 Å². The fourth-order valence-corrected chi connectivity index (χ4v) is 5.98. The van der Waals surface area contributed by atoms with Crippen LogP contribution in [0.2, 0.25) is 5.02 Å². The zero-order valence-electron chi connectivity index (χ0n) is 24.2. The molecule has 1 atom stereocenters. The molecule has 2 amide bonds. The van der Waals surface area contributed by atoms with Gasteiger partial charge in [0.1, 0.15) is 24.1 Å². The number of anilines is 1. The molecule has 0 radical (unpaired) electrons. The molecule has 0 saturated heterocycles. The first kappa shape index (κ1) is 31.6. The van der Waals surface area contributed by atoms with Crippen molar-refractivity contribution in [3.05, 3.63) is 120 Å². The van der Waals surface area contributed by atoms with Crippen LogP contribution in [0, 0.1) is 0 Å². The van der Waals surface area contributed by atoms with Gasteiger partial charge < -0.3 is 15.0 Å². The summed E-state index contributed by atoms with van der Waals surface area (Å²) < 4.78 is 34.8.